The van der Waals surface area contributed by atoms with Gasteiger partial charge in [-0.25, -0.2) is 4.98 Å². The first-order valence-electron chi connectivity index (χ1n) is 7.18. The fourth-order valence-corrected chi connectivity index (χ4v) is 2.20. The van der Waals surface area contributed by atoms with Gasteiger partial charge in [0.25, 0.3) is 5.91 Å². The first-order valence-corrected chi connectivity index (χ1v) is 7.18. The number of aliphatic carboxylic acids is 1. The highest BCUT2D eigenvalue weighted by atomic mass is 16.4. The SMILES string of the molecule is CCCN(CC(=O)O)C(=O)c1[nH]cnc1C(=O)c1ccccc1. The van der Waals surface area contributed by atoms with Crippen LogP contribution in [0, 0.1) is 0 Å². The van der Waals surface area contributed by atoms with E-state index in [0.717, 1.165) is 0 Å². The molecule has 0 spiro atoms. The van der Waals surface area contributed by atoms with Crippen LogP contribution in [0.3, 0.4) is 0 Å². The lowest BCUT2D eigenvalue weighted by Gasteiger charge is -2.19. The van der Waals surface area contributed by atoms with Crippen LogP contribution >= 0.6 is 0 Å². The summed E-state index contributed by atoms with van der Waals surface area (Å²) in [4.78, 5) is 43.7. The Kier molecular flexibility index (Phi) is 5.24. The molecule has 1 aromatic carbocycles. The van der Waals surface area contributed by atoms with E-state index in [1.165, 1.54) is 11.2 Å². The maximum atomic E-state index is 12.5. The number of amides is 1. The smallest absolute Gasteiger partial charge is 0.323 e. The topological polar surface area (TPSA) is 103 Å². The van der Waals surface area contributed by atoms with Crippen LogP contribution in [-0.4, -0.2) is 50.7 Å². The average molecular weight is 315 g/mol. The Bertz CT molecular complexity index is 709. The highest BCUT2D eigenvalue weighted by Crippen LogP contribution is 2.13. The van der Waals surface area contributed by atoms with Crippen LogP contribution < -0.4 is 0 Å². The number of carbonyl (C=O) groups excluding carboxylic acids is 2. The van der Waals surface area contributed by atoms with E-state index in [1.54, 1.807) is 30.3 Å². The maximum absolute atomic E-state index is 12.5. The van der Waals surface area contributed by atoms with Crippen molar-refractivity contribution in [3.63, 3.8) is 0 Å². The van der Waals surface area contributed by atoms with Crippen molar-refractivity contribution in [1.82, 2.24) is 14.9 Å². The maximum Gasteiger partial charge on any atom is 0.323 e. The van der Waals surface area contributed by atoms with Gasteiger partial charge in [0.1, 0.15) is 17.9 Å². The highest BCUT2D eigenvalue weighted by molar-refractivity contribution is 6.13. The number of carboxylic acids is 1. The number of aromatic amines is 1. The molecule has 7 nitrogen and oxygen atoms in total. The number of nitrogens with zero attached hydrogens (tertiary/aromatic N) is 2. The lowest BCUT2D eigenvalue weighted by atomic mass is 10.1. The van der Waals surface area contributed by atoms with Gasteiger partial charge in [-0.2, -0.15) is 0 Å². The molecule has 2 aromatic rings. The van der Waals surface area contributed by atoms with E-state index in [4.69, 9.17) is 5.11 Å². The van der Waals surface area contributed by atoms with Crippen LogP contribution in [-0.2, 0) is 4.79 Å². The molecule has 23 heavy (non-hydrogen) atoms. The standard InChI is InChI=1S/C16H17N3O4/c1-2-8-19(9-12(20)21)16(23)14-13(17-10-18-14)15(22)11-6-4-3-5-7-11/h3-7,10H,2,8-9H2,1H3,(H,17,18)(H,20,21). The predicted molar refractivity (Wildman–Crippen MR) is 82.3 cm³/mol. The summed E-state index contributed by atoms with van der Waals surface area (Å²) in [6.07, 6.45) is 1.86. The summed E-state index contributed by atoms with van der Waals surface area (Å²) in [7, 11) is 0. The number of ketones is 1. The van der Waals surface area contributed by atoms with Gasteiger partial charge >= 0.3 is 5.97 Å². The number of benzene rings is 1. The molecule has 0 aliphatic heterocycles. The molecule has 0 fully saturated rings. The minimum absolute atomic E-state index is 0.00677. The van der Waals surface area contributed by atoms with Gasteiger partial charge in [-0.05, 0) is 6.42 Å². The van der Waals surface area contributed by atoms with Crippen LogP contribution in [0.25, 0.3) is 0 Å². The molecule has 2 N–H and O–H groups in total. The minimum atomic E-state index is -1.11. The lowest BCUT2D eigenvalue weighted by molar-refractivity contribution is -0.137. The van der Waals surface area contributed by atoms with Gasteiger partial charge in [-0.3, -0.25) is 14.4 Å². The lowest BCUT2D eigenvalue weighted by Crippen LogP contribution is -2.37. The van der Waals surface area contributed by atoms with E-state index in [2.05, 4.69) is 9.97 Å². The van der Waals surface area contributed by atoms with Gasteiger partial charge in [0.05, 0.1) is 6.33 Å². The molecule has 0 bridgehead atoms. The Morgan fingerprint density at radius 3 is 2.52 bits per heavy atom. The number of nitrogens with one attached hydrogen (secondary N) is 1. The van der Waals surface area contributed by atoms with Gasteiger partial charge in [0.15, 0.2) is 0 Å². The molecular weight excluding hydrogens is 298 g/mol. The third-order valence-corrected chi connectivity index (χ3v) is 3.21. The van der Waals surface area contributed by atoms with Gasteiger partial charge in [0.2, 0.25) is 5.78 Å². The molecule has 1 heterocycles. The van der Waals surface area contributed by atoms with Crippen molar-refractivity contribution in [3.8, 4) is 0 Å². The third-order valence-electron chi connectivity index (χ3n) is 3.21. The summed E-state index contributed by atoms with van der Waals surface area (Å²) in [5, 5.41) is 8.93. The number of hydrogen-bond acceptors (Lipinski definition) is 4. The highest BCUT2D eigenvalue weighted by Gasteiger charge is 2.26. The van der Waals surface area contributed by atoms with Gasteiger partial charge in [-0.15, -0.1) is 0 Å². The van der Waals surface area contributed by atoms with Crippen molar-refractivity contribution >= 4 is 17.7 Å². The third kappa shape index (κ3) is 3.82. The van der Waals surface area contributed by atoms with E-state index in [9.17, 15) is 14.4 Å². The Morgan fingerprint density at radius 2 is 1.91 bits per heavy atom. The number of carbonyl (C=O) groups is 3. The first-order chi connectivity index (χ1) is 11.0. The number of aromatic nitrogens is 2. The first kappa shape index (κ1) is 16.4. The Balaban J connectivity index is 2.30. The fourth-order valence-electron chi connectivity index (χ4n) is 2.20. The number of imidazole rings is 1. The second kappa shape index (κ2) is 7.35. The Morgan fingerprint density at radius 1 is 1.22 bits per heavy atom. The van der Waals surface area contributed by atoms with Crippen LogP contribution in [0.15, 0.2) is 36.7 Å². The number of hydrogen-bond donors (Lipinski definition) is 2. The van der Waals surface area contributed by atoms with Crippen molar-refractivity contribution in [3.05, 3.63) is 53.6 Å². The predicted octanol–water partition coefficient (Wildman–Crippen LogP) is 1.58. The quantitative estimate of drug-likeness (QED) is 0.755. The van der Waals surface area contributed by atoms with Crippen LogP contribution in [0.2, 0.25) is 0 Å². The van der Waals surface area contributed by atoms with Crippen molar-refractivity contribution in [2.75, 3.05) is 13.1 Å². The zero-order chi connectivity index (χ0) is 16.8. The zero-order valence-electron chi connectivity index (χ0n) is 12.7. The minimum Gasteiger partial charge on any atom is -0.480 e. The number of H-pyrrole nitrogens is 1. The Hall–Kier alpha value is -2.96. The molecule has 0 aliphatic carbocycles. The summed E-state index contributed by atoms with van der Waals surface area (Å²) < 4.78 is 0. The van der Waals surface area contributed by atoms with Crippen LogP contribution in [0.5, 0.6) is 0 Å². The molecule has 1 aromatic heterocycles. The van der Waals surface area contributed by atoms with Crippen molar-refractivity contribution < 1.29 is 19.5 Å². The van der Waals surface area contributed by atoms with Gasteiger partial charge < -0.3 is 15.0 Å². The van der Waals surface area contributed by atoms with Gasteiger partial charge in [-0.1, -0.05) is 37.3 Å². The summed E-state index contributed by atoms with van der Waals surface area (Å²) in [6, 6.07) is 8.48. The van der Waals surface area contributed by atoms with E-state index < -0.39 is 18.4 Å². The second-order valence-corrected chi connectivity index (χ2v) is 4.94. The van der Waals surface area contributed by atoms with Crippen molar-refractivity contribution in [1.29, 1.82) is 0 Å². The molecular formula is C16H17N3O4. The summed E-state index contributed by atoms with van der Waals surface area (Å²) in [6.45, 7) is 1.69. The van der Waals surface area contributed by atoms with E-state index >= 15 is 0 Å². The molecule has 7 heteroatoms. The number of rotatable bonds is 7. The van der Waals surface area contributed by atoms with E-state index in [0.29, 0.717) is 12.0 Å². The Labute approximate surface area is 133 Å². The monoisotopic (exact) mass is 315 g/mol. The largest absolute Gasteiger partial charge is 0.480 e. The summed E-state index contributed by atoms with van der Waals surface area (Å²) in [5.74, 6) is -2.05. The van der Waals surface area contributed by atoms with Gasteiger partial charge in [0, 0.05) is 12.1 Å². The fraction of sp³-hybridized carbons (Fsp3) is 0.250. The molecule has 0 saturated heterocycles. The zero-order valence-corrected chi connectivity index (χ0v) is 12.7. The summed E-state index contributed by atoms with van der Waals surface area (Å²) >= 11 is 0. The van der Waals surface area contributed by atoms with Crippen LogP contribution in [0.1, 0.15) is 39.9 Å². The molecule has 2 rings (SSSR count). The molecule has 0 atom stereocenters. The average Bonchev–Trinajstić information content (AvgIpc) is 3.03. The van der Waals surface area contributed by atoms with E-state index in [1.807, 2.05) is 6.92 Å². The molecule has 0 aliphatic rings. The molecule has 120 valence electrons. The molecule has 0 saturated carbocycles. The van der Waals surface area contributed by atoms with Crippen LogP contribution in [0.4, 0.5) is 0 Å². The number of carboxylic acid groups (broad SMARTS) is 1. The molecule has 1 amide bonds. The normalized spacial score (nSPS) is 10.3. The summed E-state index contributed by atoms with van der Waals surface area (Å²) in [5.41, 5.74) is 0.412. The molecule has 0 unspecified atom stereocenters. The van der Waals surface area contributed by atoms with Crippen molar-refractivity contribution in [2.45, 2.75) is 13.3 Å². The second-order valence-electron chi connectivity index (χ2n) is 4.94. The van der Waals surface area contributed by atoms with E-state index in [-0.39, 0.29) is 23.7 Å². The molecule has 0 radical (unpaired) electrons. The van der Waals surface area contributed by atoms with Crippen molar-refractivity contribution in [2.24, 2.45) is 0 Å².